The van der Waals surface area contributed by atoms with Gasteiger partial charge in [-0.25, -0.2) is 9.97 Å². The maximum absolute atomic E-state index is 13.7. The number of methoxy groups -OCH3 is 2. The summed E-state index contributed by atoms with van der Waals surface area (Å²) in [6, 6.07) is 11.5. The first kappa shape index (κ1) is 25.6. The number of morpholine rings is 1. The van der Waals surface area contributed by atoms with Crippen molar-refractivity contribution >= 4 is 66.6 Å². The Morgan fingerprint density at radius 2 is 1.80 bits per heavy atom. The molecule has 0 atom stereocenters. The number of carbonyl (C=O) groups excluding carboxylic acids is 1. The monoisotopic (exact) mass is 534 g/mol. The fraction of sp³-hybridized carbons (Fsp3) is 0.375. The molecule has 35 heavy (non-hydrogen) atoms. The molecular formula is C24H27ClN4O4S2. The highest BCUT2D eigenvalue weighted by molar-refractivity contribution is 7.23. The van der Waals surface area contributed by atoms with Crippen LogP contribution >= 0.6 is 35.1 Å². The summed E-state index contributed by atoms with van der Waals surface area (Å²) in [6.07, 6.45) is 0.820. The Balaban J connectivity index is 0.00000289. The lowest BCUT2D eigenvalue weighted by Crippen LogP contribution is -2.39. The van der Waals surface area contributed by atoms with E-state index in [1.807, 2.05) is 36.4 Å². The molecule has 11 heteroatoms. The van der Waals surface area contributed by atoms with Gasteiger partial charge in [0, 0.05) is 26.2 Å². The van der Waals surface area contributed by atoms with E-state index in [1.54, 1.807) is 19.1 Å². The fourth-order valence-electron chi connectivity index (χ4n) is 4.03. The van der Waals surface area contributed by atoms with Crippen LogP contribution in [0.2, 0.25) is 0 Å². The van der Waals surface area contributed by atoms with Crippen molar-refractivity contribution in [1.82, 2.24) is 14.9 Å². The van der Waals surface area contributed by atoms with Crippen LogP contribution in [-0.2, 0) is 4.74 Å². The highest BCUT2D eigenvalue weighted by Crippen LogP contribution is 2.40. The van der Waals surface area contributed by atoms with Crippen LogP contribution in [-0.4, -0.2) is 74.4 Å². The van der Waals surface area contributed by atoms with E-state index in [2.05, 4.69) is 9.88 Å². The zero-order chi connectivity index (χ0) is 23.5. The van der Waals surface area contributed by atoms with E-state index in [9.17, 15) is 4.79 Å². The van der Waals surface area contributed by atoms with Gasteiger partial charge >= 0.3 is 0 Å². The zero-order valence-electron chi connectivity index (χ0n) is 19.6. The van der Waals surface area contributed by atoms with Crippen LogP contribution in [0.1, 0.15) is 16.2 Å². The summed E-state index contributed by atoms with van der Waals surface area (Å²) in [5.74, 6) is 1.22. The van der Waals surface area contributed by atoms with Crippen LogP contribution in [0, 0.1) is 0 Å². The van der Waals surface area contributed by atoms with Gasteiger partial charge in [0.2, 0.25) is 0 Å². The van der Waals surface area contributed by atoms with Gasteiger partial charge in [0.1, 0.15) is 21.7 Å². The van der Waals surface area contributed by atoms with Crippen molar-refractivity contribution in [3.63, 3.8) is 0 Å². The van der Waals surface area contributed by atoms with Gasteiger partial charge in [-0.1, -0.05) is 23.5 Å². The number of benzene rings is 2. The number of fused-ring (bicyclic) bond motifs is 2. The van der Waals surface area contributed by atoms with Gasteiger partial charge in [0.15, 0.2) is 10.1 Å². The van der Waals surface area contributed by atoms with Crippen molar-refractivity contribution in [1.29, 1.82) is 0 Å². The molecule has 1 saturated heterocycles. The molecule has 5 rings (SSSR count). The third-order valence-corrected chi connectivity index (χ3v) is 7.93. The molecule has 0 N–H and O–H groups in total. The molecule has 1 aliphatic heterocycles. The van der Waals surface area contributed by atoms with E-state index in [4.69, 9.17) is 19.2 Å². The van der Waals surface area contributed by atoms with E-state index in [0.717, 1.165) is 54.2 Å². The van der Waals surface area contributed by atoms with Crippen molar-refractivity contribution in [3.8, 4) is 11.5 Å². The standard InChI is InChI=1S/C24H26N4O4S2.ClH/c1-30-17-8-9-18(31-2)21-20(17)26-24(34-21)28(11-5-10-27-12-14-32-15-13-27)23(29)22-25-16-6-3-4-7-19(16)33-22;/h3-4,6-9H,5,10-15H2,1-2H3;1H. The number of halogens is 1. The molecule has 1 amide bonds. The van der Waals surface area contributed by atoms with E-state index >= 15 is 0 Å². The molecule has 0 saturated carbocycles. The molecule has 186 valence electrons. The first-order valence-electron chi connectivity index (χ1n) is 11.2. The second-order valence-corrected chi connectivity index (χ2v) is 9.90. The van der Waals surface area contributed by atoms with E-state index < -0.39 is 0 Å². The van der Waals surface area contributed by atoms with Gasteiger partial charge in [0.25, 0.3) is 5.91 Å². The maximum atomic E-state index is 13.7. The normalized spacial score (nSPS) is 14.1. The van der Waals surface area contributed by atoms with E-state index in [-0.39, 0.29) is 18.3 Å². The first-order valence-corrected chi connectivity index (χ1v) is 12.8. The minimum atomic E-state index is -0.139. The Morgan fingerprint density at radius 1 is 1.06 bits per heavy atom. The van der Waals surface area contributed by atoms with Crippen molar-refractivity contribution in [2.24, 2.45) is 0 Å². The Labute approximate surface area is 217 Å². The van der Waals surface area contributed by atoms with Gasteiger partial charge in [-0.15, -0.1) is 23.7 Å². The Hall–Kier alpha value is -2.50. The van der Waals surface area contributed by atoms with Crippen LogP contribution in [0.3, 0.4) is 0 Å². The van der Waals surface area contributed by atoms with Crippen LogP contribution in [0.15, 0.2) is 36.4 Å². The summed E-state index contributed by atoms with van der Waals surface area (Å²) in [4.78, 5) is 27.3. The number of rotatable bonds is 8. The zero-order valence-corrected chi connectivity index (χ0v) is 22.0. The molecule has 1 fully saturated rings. The number of aromatic nitrogens is 2. The molecule has 0 radical (unpaired) electrons. The number of nitrogens with zero attached hydrogens (tertiary/aromatic N) is 4. The summed E-state index contributed by atoms with van der Waals surface area (Å²) in [7, 11) is 3.25. The molecule has 0 aliphatic carbocycles. The van der Waals surface area contributed by atoms with Crippen LogP contribution in [0.4, 0.5) is 5.13 Å². The lowest BCUT2D eigenvalue weighted by atomic mass is 10.3. The van der Waals surface area contributed by atoms with E-state index in [1.165, 1.54) is 22.7 Å². The van der Waals surface area contributed by atoms with Crippen molar-refractivity contribution in [2.75, 3.05) is 58.5 Å². The van der Waals surface area contributed by atoms with Gasteiger partial charge in [-0.2, -0.15) is 0 Å². The molecule has 0 bridgehead atoms. The maximum Gasteiger partial charge on any atom is 0.289 e. The number of ether oxygens (including phenoxy) is 3. The second kappa shape index (κ2) is 11.5. The Morgan fingerprint density at radius 3 is 2.54 bits per heavy atom. The number of para-hydroxylation sites is 1. The van der Waals surface area contributed by atoms with Crippen LogP contribution in [0.25, 0.3) is 20.4 Å². The number of hydrogen-bond donors (Lipinski definition) is 0. The molecule has 0 spiro atoms. The first-order chi connectivity index (χ1) is 16.7. The number of hydrogen-bond acceptors (Lipinski definition) is 9. The smallest absolute Gasteiger partial charge is 0.289 e. The Bertz CT molecular complexity index is 1230. The average Bonchev–Trinajstić information content (AvgIpc) is 3.51. The fourth-order valence-corrected chi connectivity index (χ4v) is 6.04. The summed E-state index contributed by atoms with van der Waals surface area (Å²) in [6.45, 7) is 4.78. The molecule has 2 aromatic heterocycles. The quantitative estimate of drug-likeness (QED) is 0.324. The lowest BCUT2D eigenvalue weighted by molar-refractivity contribution is 0.0376. The highest BCUT2D eigenvalue weighted by atomic mass is 35.5. The topological polar surface area (TPSA) is 77.0 Å². The van der Waals surface area contributed by atoms with Gasteiger partial charge < -0.3 is 14.2 Å². The predicted molar refractivity (Wildman–Crippen MR) is 143 cm³/mol. The molecular weight excluding hydrogens is 508 g/mol. The van der Waals surface area contributed by atoms with Crippen LogP contribution in [0.5, 0.6) is 11.5 Å². The predicted octanol–water partition coefficient (Wildman–Crippen LogP) is 4.71. The number of amides is 1. The van der Waals surface area contributed by atoms with Gasteiger partial charge in [0.05, 0.1) is 37.6 Å². The molecule has 2 aromatic carbocycles. The number of anilines is 1. The molecule has 3 heterocycles. The number of thiazole rings is 2. The van der Waals surface area contributed by atoms with Crippen molar-refractivity contribution in [2.45, 2.75) is 6.42 Å². The Kier molecular flexibility index (Phi) is 8.40. The summed E-state index contributed by atoms with van der Waals surface area (Å²) in [5, 5.41) is 1.08. The SMILES string of the molecule is COc1ccc(OC)c2sc(N(CCCN3CCOCC3)C(=O)c3nc4ccccc4s3)nc12.Cl. The summed E-state index contributed by atoms with van der Waals surface area (Å²) >= 11 is 2.84. The lowest BCUT2D eigenvalue weighted by Gasteiger charge is -2.27. The highest BCUT2D eigenvalue weighted by Gasteiger charge is 2.26. The summed E-state index contributed by atoms with van der Waals surface area (Å²) < 4.78 is 18.4. The molecule has 4 aromatic rings. The number of carbonyl (C=O) groups is 1. The average molecular weight is 535 g/mol. The third-order valence-electron chi connectivity index (χ3n) is 5.81. The van der Waals surface area contributed by atoms with Crippen LogP contribution < -0.4 is 14.4 Å². The minimum Gasteiger partial charge on any atom is -0.495 e. The van der Waals surface area contributed by atoms with Crippen molar-refractivity contribution < 1.29 is 19.0 Å². The van der Waals surface area contributed by atoms with Gasteiger partial charge in [-0.3, -0.25) is 14.6 Å². The molecule has 0 unspecified atom stereocenters. The molecule has 8 nitrogen and oxygen atoms in total. The second-order valence-electron chi connectivity index (χ2n) is 7.90. The van der Waals surface area contributed by atoms with Crippen molar-refractivity contribution in [3.05, 3.63) is 41.4 Å². The minimum absolute atomic E-state index is 0. The third kappa shape index (κ3) is 5.36. The summed E-state index contributed by atoms with van der Waals surface area (Å²) in [5.41, 5.74) is 1.52. The van der Waals surface area contributed by atoms with E-state index in [0.29, 0.717) is 33.7 Å². The van der Waals surface area contributed by atoms with Gasteiger partial charge in [-0.05, 0) is 30.7 Å². The largest absolute Gasteiger partial charge is 0.495 e. The molecule has 1 aliphatic rings.